The molecule has 0 radical (unpaired) electrons. The molecule has 0 spiro atoms. The van der Waals surface area contributed by atoms with Crippen LogP contribution in [0.15, 0.2) is 164 Å². The molecule has 0 saturated carbocycles. The van der Waals surface area contributed by atoms with E-state index >= 15 is 0 Å². The fourth-order valence-electron chi connectivity index (χ4n) is 13.1. The van der Waals surface area contributed by atoms with Crippen LogP contribution in [-0.2, 0) is 0 Å². The van der Waals surface area contributed by atoms with E-state index in [9.17, 15) is 0 Å². The number of nitrogens with zero attached hydrogens (tertiary/aromatic N) is 6. The second-order valence-electron chi connectivity index (χ2n) is 19.7. The first kappa shape index (κ1) is 38.7. The zero-order valence-electron chi connectivity index (χ0n) is 39.3. The van der Waals surface area contributed by atoms with Crippen LogP contribution in [0.3, 0.4) is 0 Å². The van der Waals surface area contributed by atoms with Gasteiger partial charge in [-0.05, 0) is 129 Å². The summed E-state index contributed by atoms with van der Waals surface area (Å²) in [5.41, 5.74) is 27.0. The molecule has 326 valence electrons. The molecule has 0 N–H and O–H groups in total. The highest BCUT2D eigenvalue weighted by Gasteiger charge is 2.44. The van der Waals surface area contributed by atoms with E-state index in [1.807, 2.05) is 0 Å². The maximum atomic E-state index is 5.96. The Bertz CT molecular complexity index is 4100. The number of para-hydroxylation sites is 4. The average molecular weight is 885 g/mol. The van der Waals surface area contributed by atoms with Crippen molar-refractivity contribution in [3.8, 4) is 45.5 Å². The molecule has 6 heterocycles. The van der Waals surface area contributed by atoms with E-state index < -0.39 is 0 Å². The maximum absolute atomic E-state index is 5.96. The van der Waals surface area contributed by atoms with Crippen LogP contribution in [0.2, 0.25) is 0 Å². The van der Waals surface area contributed by atoms with Gasteiger partial charge < -0.3 is 9.13 Å². The van der Waals surface area contributed by atoms with Crippen LogP contribution in [0.25, 0.3) is 111 Å². The Morgan fingerprint density at radius 3 is 1.17 bits per heavy atom. The molecule has 6 nitrogen and oxygen atoms in total. The first-order valence-corrected chi connectivity index (χ1v) is 24.1. The molecule has 0 aliphatic carbocycles. The molecule has 13 aromatic rings. The van der Waals surface area contributed by atoms with Gasteiger partial charge >= 0.3 is 0 Å². The molecular formula is C62H45BN6. The SMILES string of the molecule is Cc1cc(C)c(-c2nc3c4c(cc5c6ccccc6n(-c6ccccc6)c53)B3c5c(cccc5-n5c(-c6c(C)cc(C)cc6C)nc6c5c3cc3c5ccccc5n(-c5ccccc5)c36)-n24)c(C)c1. The predicted octanol–water partition coefficient (Wildman–Crippen LogP) is 12.9. The summed E-state index contributed by atoms with van der Waals surface area (Å²) in [6.07, 6.45) is 0. The van der Waals surface area contributed by atoms with Crippen LogP contribution >= 0.6 is 0 Å². The van der Waals surface area contributed by atoms with Gasteiger partial charge in [0.15, 0.2) is 0 Å². The number of fused-ring (bicyclic) bond motifs is 12. The number of imidazole rings is 2. The lowest BCUT2D eigenvalue weighted by molar-refractivity contribution is 1.06. The van der Waals surface area contributed by atoms with Crippen molar-refractivity contribution in [3.63, 3.8) is 0 Å². The van der Waals surface area contributed by atoms with Crippen molar-refractivity contribution in [2.45, 2.75) is 41.5 Å². The molecule has 0 unspecified atom stereocenters. The van der Waals surface area contributed by atoms with E-state index in [0.717, 1.165) is 67.5 Å². The molecule has 0 fully saturated rings. The Labute approximate surface area is 399 Å². The smallest absolute Gasteiger partial charge is 0.252 e. The molecule has 9 aromatic carbocycles. The quantitative estimate of drug-likeness (QED) is 0.165. The van der Waals surface area contributed by atoms with Crippen molar-refractivity contribution in [1.29, 1.82) is 0 Å². The summed E-state index contributed by atoms with van der Waals surface area (Å²) in [6.45, 7) is 13.3. The lowest BCUT2D eigenvalue weighted by Crippen LogP contribution is -2.59. The summed E-state index contributed by atoms with van der Waals surface area (Å²) in [4.78, 5) is 11.9. The third-order valence-electron chi connectivity index (χ3n) is 15.5. The minimum Gasteiger partial charge on any atom is -0.307 e. The predicted molar refractivity (Wildman–Crippen MR) is 288 cm³/mol. The zero-order chi connectivity index (χ0) is 46.1. The van der Waals surface area contributed by atoms with Crippen LogP contribution < -0.4 is 16.4 Å². The fourth-order valence-corrected chi connectivity index (χ4v) is 13.1. The highest BCUT2D eigenvalue weighted by molar-refractivity contribution is 7.00. The Balaban J connectivity index is 1.18. The molecule has 2 aliphatic heterocycles. The Hall–Kier alpha value is -8.42. The molecule has 0 bridgehead atoms. The largest absolute Gasteiger partial charge is 0.307 e. The van der Waals surface area contributed by atoms with E-state index in [0.29, 0.717) is 0 Å². The van der Waals surface area contributed by atoms with Crippen molar-refractivity contribution in [1.82, 2.24) is 28.2 Å². The molecule has 2 aliphatic rings. The second kappa shape index (κ2) is 13.6. The van der Waals surface area contributed by atoms with E-state index in [1.165, 1.54) is 93.5 Å². The summed E-state index contributed by atoms with van der Waals surface area (Å²) < 4.78 is 9.95. The maximum Gasteiger partial charge on any atom is 0.252 e. The molecule has 15 rings (SSSR count). The molecular weight excluding hydrogens is 840 g/mol. The molecule has 0 amide bonds. The van der Waals surface area contributed by atoms with Gasteiger partial charge in [0.1, 0.15) is 22.7 Å². The van der Waals surface area contributed by atoms with Crippen molar-refractivity contribution < 1.29 is 0 Å². The van der Waals surface area contributed by atoms with Crippen molar-refractivity contribution in [2.75, 3.05) is 0 Å². The Kier molecular flexibility index (Phi) is 7.63. The van der Waals surface area contributed by atoms with Crippen LogP contribution in [-0.4, -0.2) is 34.9 Å². The third-order valence-corrected chi connectivity index (χ3v) is 15.5. The molecule has 0 saturated heterocycles. The standard InChI is InChI=1S/C62H45BN6/c1-34-28-36(3)52(37(4)29-34)61-64-55-57-44(42-22-13-15-24-48(42)66(57)40-18-9-7-10-19-40)32-46-59(55)68(61)50-26-17-27-51-54(50)63(46)47-33-45-43-23-14-16-25-49(43)67(41-20-11-8-12-21-41)58(45)56-60(47)69(51)62(65-56)53-38(5)30-35(2)31-39(53)6/h7-33H,1-6H3. The molecule has 69 heavy (non-hydrogen) atoms. The highest BCUT2D eigenvalue weighted by Crippen LogP contribution is 2.45. The minimum absolute atomic E-state index is 0.123. The van der Waals surface area contributed by atoms with Crippen molar-refractivity contribution in [3.05, 3.63) is 197 Å². The fraction of sp³-hybridized carbons (Fsp3) is 0.0968. The van der Waals surface area contributed by atoms with Gasteiger partial charge in [-0.15, -0.1) is 0 Å². The zero-order valence-corrected chi connectivity index (χ0v) is 39.3. The minimum atomic E-state index is -0.123. The van der Waals surface area contributed by atoms with E-state index in [-0.39, 0.29) is 6.71 Å². The Morgan fingerprint density at radius 2 is 0.754 bits per heavy atom. The van der Waals surface area contributed by atoms with Gasteiger partial charge in [-0.2, -0.15) is 0 Å². The normalized spacial score (nSPS) is 12.8. The van der Waals surface area contributed by atoms with Crippen molar-refractivity contribution >= 4 is 88.8 Å². The van der Waals surface area contributed by atoms with Gasteiger partial charge in [0.25, 0.3) is 6.71 Å². The summed E-state index contributed by atoms with van der Waals surface area (Å²) in [5, 5.41) is 4.84. The van der Waals surface area contributed by atoms with Gasteiger partial charge in [0.05, 0.1) is 33.1 Å². The van der Waals surface area contributed by atoms with Gasteiger partial charge in [0, 0.05) is 55.4 Å². The van der Waals surface area contributed by atoms with Crippen LogP contribution in [0.1, 0.15) is 33.4 Å². The van der Waals surface area contributed by atoms with Gasteiger partial charge in [-0.3, -0.25) is 9.13 Å². The first-order valence-electron chi connectivity index (χ1n) is 24.1. The Morgan fingerprint density at radius 1 is 0.362 bits per heavy atom. The first-order chi connectivity index (χ1) is 33.7. The number of hydrogen-bond donors (Lipinski definition) is 0. The number of benzene rings is 9. The topological polar surface area (TPSA) is 45.5 Å². The molecule has 4 aromatic heterocycles. The van der Waals surface area contributed by atoms with Crippen LogP contribution in [0.5, 0.6) is 0 Å². The molecule has 7 heteroatoms. The molecule has 0 atom stereocenters. The number of hydrogen-bond acceptors (Lipinski definition) is 2. The summed E-state index contributed by atoms with van der Waals surface area (Å²) in [5.74, 6) is 1.94. The van der Waals surface area contributed by atoms with Gasteiger partial charge in [0.2, 0.25) is 0 Å². The van der Waals surface area contributed by atoms with Crippen molar-refractivity contribution in [2.24, 2.45) is 0 Å². The lowest BCUT2D eigenvalue weighted by Gasteiger charge is -2.34. The summed E-state index contributed by atoms with van der Waals surface area (Å²) >= 11 is 0. The van der Waals surface area contributed by atoms with Gasteiger partial charge in [-0.1, -0.05) is 126 Å². The van der Waals surface area contributed by atoms with E-state index in [2.05, 4.69) is 224 Å². The van der Waals surface area contributed by atoms with Crippen LogP contribution in [0.4, 0.5) is 0 Å². The highest BCUT2D eigenvalue weighted by atomic mass is 15.1. The van der Waals surface area contributed by atoms with Crippen LogP contribution in [0, 0.1) is 41.5 Å². The number of aryl methyl sites for hydroxylation is 6. The monoisotopic (exact) mass is 884 g/mol. The number of aromatic nitrogens is 6. The second-order valence-corrected chi connectivity index (χ2v) is 19.7. The average Bonchev–Trinajstić information content (AvgIpc) is 4.11. The lowest BCUT2D eigenvalue weighted by atomic mass is 9.34. The summed E-state index contributed by atoms with van der Waals surface area (Å²) in [7, 11) is 0. The number of rotatable bonds is 4. The third kappa shape index (κ3) is 4.96. The van der Waals surface area contributed by atoms with E-state index in [4.69, 9.17) is 9.97 Å². The summed E-state index contributed by atoms with van der Waals surface area (Å²) in [6, 6.07) is 60.7. The van der Waals surface area contributed by atoms with E-state index in [1.54, 1.807) is 0 Å². The van der Waals surface area contributed by atoms with Gasteiger partial charge in [-0.25, -0.2) is 9.97 Å².